The van der Waals surface area contributed by atoms with Gasteiger partial charge in [0.1, 0.15) is 0 Å². The normalized spacial score (nSPS) is 17.9. The zero-order valence-electron chi connectivity index (χ0n) is 11.7. The lowest BCUT2D eigenvalue weighted by atomic mass is 10.2. The maximum absolute atomic E-state index is 12.4. The van der Waals surface area contributed by atoms with Crippen molar-refractivity contribution < 1.29 is 14.3 Å². The number of unbranched alkanes of at least 4 members (excludes halogenated alkanes) is 1. The Bertz CT molecular complexity index is 461. The van der Waals surface area contributed by atoms with E-state index in [1.54, 1.807) is 17.3 Å². The molecule has 1 aromatic heterocycles. The molecular weight excluding hydrogens is 256 g/mol. The summed E-state index contributed by atoms with van der Waals surface area (Å²) in [5, 5.41) is 0. The van der Waals surface area contributed by atoms with Crippen molar-refractivity contribution >= 4 is 11.9 Å². The lowest BCUT2D eigenvalue weighted by Gasteiger charge is -2.25. The molecule has 1 aliphatic rings. The Morgan fingerprint density at radius 2 is 2.40 bits per heavy atom. The van der Waals surface area contributed by atoms with E-state index >= 15 is 0 Å². The molecule has 1 aliphatic heterocycles. The van der Waals surface area contributed by atoms with Gasteiger partial charge >= 0.3 is 5.97 Å². The third kappa shape index (κ3) is 3.79. The molecule has 0 radical (unpaired) electrons. The van der Waals surface area contributed by atoms with E-state index in [0.29, 0.717) is 25.9 Å². The molecule has 5 heteroatoms. The quantitative estimate of drug-likeness (QED) is 0.745. The zero-order valence-corrected chi connectivity index (χ0v) is 11.7. The summed E-state index contributed by atoms with van der Waals surface area (Å²) in [5.74, 6) is -0.367. The summed E-state index contributed by atoms with van der Waals surface area (Å²) >= 11 is 0. The van der Waals surface area contributed by atoms with Gasteiger partial charge in [-0.2, -0.15) is 0 Å². The Morgan fingerprint density at radius 3 is 3.00 bits per heavy atom. The molecule has 2 heterocycles. The fourth-order valence-electron chi connectivity index (χ4n) is 2.23. The molecule has 0 saturated carbocycles. The number of nitrogens with zero attached hydrogens (tertiary/aromatic N) is 2. The maximum atomic E-state index is 12.4. The average Bonchev–Trinajstić information content (AvgIpc) is 2.90. The van der Waals surface area contributed by atoms with E-state index in [2.05, 4.69) is 11.9 Å². The van der Waals surface area contributed by atoms with Crippen molar-refractivity contribution in [2.75, 3.05) is 6.54 Å². The number of carbonyl (C=O) groups is 2. The van der Waals surface area contributed by atoms with E-state index in [9.17, 15) is 9.59 Å². The van der Waals surface area contributed by atoms with Crippen molar-refractivity contribution in [3.05, 3.63) is 30.1 Å². The van der Waals surface area contributed by atoms with Gasteiger partial charge in [-0.15, -0.1) is 0 Å². The summed E-state index contributed by atoms with van der Waals surface area (Å²) in [6, 6.07) is 3.80. The monoisotopic (exact) mass is 276 g/mol. The highest BCUT2D eigenvalue weighted by atomic mass is 16.6. The molecule has 0 bridgehead atoms. The lowest BCUT2D eigenvalue weighted by molar-refractivity contribution is -0.153. The van der Waals surface area contributed by atoms with Crippen LogP contribution in [0.15, 0.2) is 24.5 Å². The van der Waals surface area contributed by atoms with Crippen molar-refractivity contribution in [3.8, 4) is 0 Å². The number of hydrogen-bond donors (Lipinski definition) is 0. The predicted octanol–water partition coefficient (Wildman–Crippen LogP) is 1.92. The fourth-order valence-corrected chi connectivity index (χ4v) is 2.23. The summed E-state index contributed by atoms with van der Waals surface area (Å²) in [6.45, 7) is 3.28. The zero-order chi connectivity index (χ0) is 14.4. The van der Waals surface area contributed by atoms with Crippen LogP contribution in [0.5, 0.6) is 0 Å². The van der Waals surface area contributed by atoms with E-state index in [1.165, 1.54) is 0 Å². The molecule has 1 amide bonds. The van der Waals surface area contributed by atoms with E-state index in [-0.39, 0.29) is 11.9 Å². The van der Waals surface area contributed by atoms with E-state index < -0.39 is 6.10 Å². The van der Waals surface area contributed by atoms with Crippen molar-refractivity contribution in [2.24, 2.45) is 0 Å². The standard InChI is InChI=1S/C15H20N2O3/c1-2-3-9-17(11-12-5-4-8-16-10-12)15(19)13-6-7-14(18)20-13/h4-5,8,10,13H,2-3,6-7,9,11H2,1H3/t13-/m0/s1. The van der Waals surface area contributed by atoms with E-state index in [4.69, 9.17) is 4.74 Å². The molecule has 5 nitrogen and oxygen atoms in total. The average molecular weight is 276 g/mol. The van der Waals surface area contributed by atoms with Crippen molar-refractivity contribution in [1.82, 2.24) is 9.88 Å². The second-order valence-corrected chi connectivity index (χ2v) is 4.99. The van der Waals surface area contributed by atoms with Crippen molar-refractivity contribution in [2.45, 2.75) is 45.3 Å². The fraction of sp³-hybridized carbons (Fsp3) is 0.533. The molecule has 108 valence electrons. The summed E-state index contributed by atoms with van der Waals surface area (Å²) in [6.07, 6.45) is 5.65. The second-order valence-electron chi connectivity index (χ2n) is 4.99. The van der Waals surface area contributed by atoms with Crippen molar-refractivity contribution in [3.63, 3.8) is 0 Å². The number of cyclic esters (lactones) is 1. The van der Waals surface area contributed by atoms with Crippen LogP contribution < -0.4 is 0 Å². The molecule has 20 heavy (non-hydrogen) atoms. The van der Waals surface area contributed by atoms with Gasteiger partial charge in [0.2, 0.25) is 0 Å². The summed E-state index contributed by atoms with van der Waals surface area (Å²) in [5.41, 5.74) is 0.987. The minimum atomic E-state index is -0.601. The highest BCUT2D eigenvalue weighted by molar-refractivity contribution is 5.86. The van der Waals surface area contributed by atoms with Crippen LogP contribution in [0.1, 0.15) is 38.2 Å². The molecular formula is C15H20N2O3. The van der Waals surface area contributed by atoms with Gasteiger partial charge in [-0.1, -0.05) is 19.4 Å². The van der Waals surface area contributed by atoms with Gasteiger partial charge in [0.15, 0.2) is 6.10 Å². The van der Waals surface area contributed by atoms with E-state index in [1.807, 2.05) is 12.1 Å². The molecule has 2 rings (SSSR count). The number of amides is 1. The highest BCUT2D eigenvalue weighted by Gasteiger charge is 2.32. The molecule has 1 aromatic rings. The van der Waals surface area contributed by atoms with Crippen LogP contribution in [0.2, 0.25) is 0 Å². The first-order valence-electron chi connectivity index (χ1n) is 7.08. The number of esters is 1. The van der Waals surface area contributed by atoms with Crippen LogP contribution in [0.25, 0.3) is 0 Å². The Kier molecular flexibility index (Phi) is 5.09. The van der Waals surface area contributed by atoms with Gasteiger partial charge in [0.05, 0.1) is 0 Å². The number of hydrogen-bond acceptors (Lipinski definition) is 4. The molecule has 0 aromatic carbocycles. The SMILES string of the molecule is CCCCN(Cc1cccnc1)C(=O)[C@@H]1CCC(=O)O1. The second kappa shape index (κ2) is 7.03. The lowest BCUT2D eigenvalue weighted by Crippen LogP contribution is -2.39. The number of rotatable bonds is 6. The Labute approximate surface area is 118 Å². The third-order valence-electron chi connectivity index (χ3n) is 3.35. The van der Waals surface area contributed by atoms with Gasteiger partial charge in [-0.25, -0.2) is 0 Å². The molecule has 1 saturated heterocycles. The third-order valence-corrected chi connectivity index (χ3v) is 3.35. The van der Waals surface area contributed by atoms with Gasteiger partial charge in [-0.3, -0.25) is 14.6 Å². The van der Waals surface area contributed by atoms with Crippen LogP contribution in [0.4, 0.5) is 0 Å². The molecule has 1 atom stereocenters. The highest BCUT2D eigenvalue weighted by Crippen LogP contribution is 2.18. The summed E-state index contributed by atoms with van der Waals surface area (Å²) < 4.78 is 5.08. The number of ether oxygens (including phenoxy) is 1. The van der Waals surface area contributed by atoms with Gasteiger partial charge in [0.25, 0.3) is 5.91 Å². The first-order chi connectivity index (χ1) is 9.70. The predicted molar refractivity (Wildman–Crippen MR) is 73.7 cm³/mol. The molecule has 0 spiro atoms. The minimum Gasteiger partial charge on any atom is -0.452 e. The summed E-state index contributed by atoms with van der Waals surface area (Å²) in [4.78, 5) is 29.4. The van der Waals surface area contributed by atoms with Gasteiger partial charge in [0, 0.05) is 38.3 Å². The molecule has 0 aliphatic carbocycles. The Hall–Kier alpha value is -1.91. The Balaban J connectivity index is 2.02. The summed E-state index contributed by atoms with van der Waals surface area (Å²) in [7, 11) is 0. The van der Waals surface area contributed by atoms with Crippen molar-refractivity contribution in [1.29, 1.82) is 0 Å². The smallest absolute Gasteiger partial charge is 0.306 e. The number of carbonyl (C=O) groups excluding carboxylic acids is 2. The Morgan fingerprint density at radius 1 is 1.55 bits per heavy atom. The van der Waals surface area contributed by atoms with E-state index in [0.717, 1.165) is 18.4 Å². The van der Waals surface area contributed by atoms with Crippen LogP contribution in [0, 0.1) is 0 Å². The largest absolute Gasteiger partial charge is 0.452 e. The maximum Gasteiger partial charge on any atom is 0.306 e. The van der Waals surface area contributed by atoms with Gasteiger partial charge < -0.3 is 9.64 Å². The first kappa shape index (κ1) is 14.5. The first-order valence-corrected chi connectivity index (χ1v) is 7.08. The van der Waals surface area contributed by atoms with Crippen LogP contribution in [0.3, 0.4) is 0 Å². The topological polar surface area (TPSA) is 59.5 Å². The number of pyridine rings is 1. The minimum absolute atomic E-state index is 0.0897. The molecule has 0 unspecified atom stereocenters. The number of aromatic nitrogens is 1. The van der Waals surface area contributed by atoms with Gasteiger partial charge in [-0.05, 0) is 18.1 Å². The van der Waals surface area contributed by atoms with Crippen LogP contribution >= 0.6 is 0 Å². The van der Waals surface area contributed by atoms with Crippen LogP contribution in [-0.2, 0) is 20.9 Å². The van der Waals surface area contributed by atoms with Crippen LogP contribution in [-0.4, -0.2) is 34.4 Å². The molecule has 0 N–H and O–H groups in total. The molecule has 1 fully saturated rings.